The summed E-state index contributed by atoms with van der Waals surface area (Å²) in [6.07, 6.45) is 69.6. The van der Waals surface area contributed by atoms with Gasteiger partial charge >= 0.3 is 17.9 Å². The number of carbonyl (C=O) groups is 3. The predicted molar refractivity (Wildman–Crippen MR) is 279 cm³/mol. The van der Waals surface area contributed by atoms with Crippen LogP contribution in [0.2, 0.25) is 0 Å². The van der Waals surface area contributed by atoms with E-state index in [9.17, 15) is 14.4 Å². The van der Waals surface area contributed by atoms with Gasteiger partial charge in [0.25, 0.3) is 0 Å². The minimum Gasteiger partial charge on any atom is -0.462 e. The molecular weight excluding hydrogens is 805 g/mol. The fourth-order valence-corrected chi connectivity index (χ4v) is 7.05. The van der Waals surface area contributed by atoms with Gasteiger partial charge in [0, 0.05) is 19.3 Å². The fraction of sp³-hybridized carbons (Fsp3) is 0.678. The Hall–Kier alpha value is -3.67. The van der Waals surface area contributed by atoms with Crippen LogP contribution in [0.4, 0.5) is 0 Å². The van der Waals surface area contributed by atoms with E-state index in [2.05, 4.69) is 118 Å². The summed E-state index contributed by atoms with van der Waals surface area (Å²) in [7, 11) is 0. The summed E-state index contributed by atoms with van der Waals surface area (Å²) in [5.41, 5.74) is 0. The zero-order valence-corrected chi connectivity index (χ0v) is 42.2. The lowest BCUT2D eigenvalue weighted by atomic mass is 10.1. The lowest BCUT2D eigenvalue weighted by Gasteiger charge is -2.18. The SMILES string of the molecule is CCCCC\C=C/C=C\C=C/C=C\CCCCCCCC(=O)OCC(COC(=O)CCCCCCC/C=C\CCCCC)OC(=O)CCC/C=C\C/C=C\C/C=C\CCCCCCCC. The first-order valence-electron chi connectivity index (χ1n) is 26.8. The molecule has 0 bridgehead atoms. The monoisotopic (exact) mass is 903 g/mol. The molecule has 0 N–H and O–H groups in total. The molecule has 0 aromatic heterocycles. The van der Waals surface area contributed by atoms with E-state index >= 15 is 0 Å². The van der Waals surface area contributed by atoms with Gasteiger partial charge in [0.05, 0.1) is 0 Å². The van der Waals surface area contributed by atoms with Crippen LogP contribution in [0.25, 0.3) is 0 Å². The summed E-state index contributed by atoms with van der Waals surface area (Å²) in [5.74, 6) is -0.998. The third-order valence-electron chi connectivity index (χ3n) is 11.1. The number of allylic oxidation sites excluding steroid dienone is 16. The molecule has 0 saturated heterocycles. The molecule has 1 unspecified atom stereocenters. The van der Waals surface area contributed by atoms with E-state index in [-0.39, 0.29) is 37.5 Å². The highest BCUT2D eigenvalue weighted by molar-refractivity contribution is 5.71. The van der Waals surface area contributed by atoms with Gasteiger partial charge in [-0.1, -0.05) is 214 Å². The van der Waals surface area contributed by atoms with Crippen LogP contribution in [0.15, 0.2) is 97.2 Å². The largest absolute Gasteiger partial charge is 0.462 e. The van der Waals surface area contributed by atoms with Crippen molar-refractivity contribution in [2.24, 2.45) is 0 Å². The summed E-state index contributed by atoms with van der Waals surface area (Å²) in [6, 6.07) is 0. The summed E-state index contributed by atoms with van der Waals surface area (Å²) in [6.45, 7) is 6.49. The van der Waals surface area contributed by atoms with Crippen molar-refractivity contribution in [3.05, 3.63) is 97.2 Å². The Morgan fingerprint density at radius 1 is 0.323 bits per heavy atom. The Bertz CT molecular complexity index is 1310. The minimum atomic E-state index is -0.818. The molecule has 0 saturated carbocycles. The Labute approximate surface area is 400 Å². The van der Waals surface area contributed by atoms with Crippen molar-refractivity contribution < 1.29 is 28.6 Å². The van der Waals surface area contributed by atoms with Crippen LogP contribution in [0.1, 0.15) is 239 Å². The molecule has 0 rings (SSSR count). The maximum absolute atomic E-state index is 12.8. The molecule has 0 radical (unpaired) electrons. The van der Waals surface area contributed by atoms with Crippen molar-refractivity contribution in [3.8, 4) is 0 Å². The lowest BCUT2D eigenvalue weighted by molar-refractivity contribution is -0.167. The molecule has 370 valence electrons. The normalized spacial score (nSPS) is 12.8. The molecule has 0 aliphatic heterocycles. The second-order valence-electron chi connectivity index (χ2n) is 17.5. The Kier molecular flexibility index (Phi) is 50.0. The standard InChI is InChI=1S/C59H98O6/c1-4-7-10-13-16-19-22-25-27-29-31-32-34-37-40-43-46-49-52-58(61)64-55-56(54-63-57(60)51-48-45-42-39-36-24-21-18-15-12-9-6-3)65-59(62)53-50-47-44-41-38-35-33-30-28-26-23-20-17-14-11-8-5-2/h16,18-19,21-22,25-29,31-33,35,41,44,56H,4-15,17,20,23-24,30,34,36-40,42-43,45-55H2,1-3H3/b19-16-,21-18-,25-22-,28-26-,29-27-,32-31-,35-33-,44-41-. The average Bonchev–Trinajstić information content (AvgIpc) is 3.30. The van der Waals surface area contributed by atoms with Crippen LogP contribution in [0.5, 0.6) is 0 Å². The van der Waals surface area contributed by atoms with E-state index < -0.39 is 6.10 Å². The number of esters is 3. The van der Waals surface area contributed by atoms with Crippen molar-refractivity contribution in [3.63, 3.8) is 0 Å². The van der Waals surface area contributed by atoms with E-state index in [0.29, 0.717) is 19.3 Å². The van der Waals surface area contributed by atoms with Gasteiger partial charge < -0.3 is 14.2 Å². The topological polar surface area (TPSA) is 78.9 Å². The first-order chi connectivity index (χ1) is 32.0. The number of hydrogen-bond donors (Lipinski definition) is 0. The van der Waals surface area contributed by atoms with E-state index in [1.807, 2.05) is 0 Å². The molecule has 0 spiro atoms. The van der Waals surface area contributed by atoms with E-state index in [0.717, 1.165) is 96.3 Å². The molecule has 0 heterocycles. The zero-order valence-electron chi connectivity index (χ0n) is 42.2. The molecule has 0 aromatic rings. The van der Waals surface area contributed by atoms with Crippen molar-refractivity contribution >= 4 is 17.9 Å². The quantitative estimate of drug-likeness (QED) is 0.0199. The van der Waals surface area contributed by atoms with Gasteiger partial charge in [-0.2, -0.15) is 0 Å². The summed E-state index contributed by atoms with van der Waals surface area (Å²) >= 11 is 0. The molecular formula is C59H98O6. The molecule has 65 heavy (non-hydrogen) atoms. The molecule has 0 aromatic carbocycles. The van der Waals surface area contributed by atoms with Crippen LogP contribution in [0.3, 0.4) is 0 Å². The Balaban J connectivity index is 4.52. The summed E-state index contributed by atoms with van der Waals surface area (Å²) in [5, 5.41) is 0. The molecule has 1 atom stereocenters. The van der Waals surface area contributed by atoms with E-state index in [1.165, 1.54) is 96.3 Å². The van der Waals surface area contributed by atoms with Crippen molar-refractivity contribution in [1.82, 2.24) is 0 Å². The van der Waals surface area contributed by atoms with Gasteiger partial charge in [-0.15, -0.1) is 0 Å². The first kappa shape index (κ1) is 61.3. The number of rotatable bonds is 47. The number of carbonyl (C=O) groups excluding carboxylic acids is 3. The summed E-state index contributed by atoms with van der Waals surface area (Å²) < 4.78 is 16.7. The highest BCUT2D eigenvalue weighted by Crippen LogP contribution is 2.13. The predicted octanol–water partition coefficient (Wildman–Crippen LogP) is 17.8. The van der Waals surface area contributed by atoms with Crippen LogP contribution in [0, 0.1) is 0 Å². The number of ether oxygens (including phenoxy) is 3. The van der Waals surface area contributed by atoms with Gasteiger partial charge in [0.1, 0.15) is 13.2 Å². The first-order valence-corrected chi connectivity index (χ1v) is 26.8. The van der Waals surface area contributed by atoms with Crippen molar-refractivity contribution in [2.75, 3.05) is 13.2 Å². The van der Waals surface area contributed by atoms with Crippen LogP contribution in [-0.2, 0) is 28.6 Å². The maximum atomic E-state index is 12.8. The highest BCUT2D eigenvalue weighted by Gasteiger charge is 2.19. The molecule has 6 heteroatoms. The Morgan fingerprint density at radius 2 is 0.631 bits per heavy atom. The highest BCUT2D eigenvalue weighted by atomic mass is 16.6. The van der Waals surface area contributed by atoms with Gasteiger partial charge in [-0.05, 0) is 103 Å². The Morgan fingerprint density at radius 3 is 1.09 bits per heavy atom. The second-order valence-corrected chi connectivity index (χ2v) is 17.5. The maximum Gasteiger partial charge on any atom is 0.306 e. The minimum absolute atomic E-state index is 0.111. The second kappa shape index (κ2) is 52.9. The number of unbranched alkanes of at least 4 members (excludes halogenated alkanes) is 23. The number of hydrogen-bond acceptors (Lipinski definition) is 6. The van der Waals surface area contributed by atoms with Crippen molar-refractivity contribution in [1.29, 1.82) is 0 Å². The smallest absolute Gasteiger partial charge is 0.306 e. The lowest BCUT2D eigenvalue weighted by Crippen LogP contribution is -2.30. The fourth-order valence-electron chi connectivity index (χ4n) is 7.05. The summed E-state index contributed by atoms with van der Waals surface area (Å²) in [4.78, 5) is 38.0. The van der Waals surface area contributed by atoms with Gasteiger partial charge in [-0.25, -0.2) is 0 Å². The van der Waals surface area contributed by atoms with E-state index in [4.69, 9.17) is 14.2 Å². The van der Waals surface area contributed by atoms with Crippen LogP contribution >= 0.6 is 0 Å². The van der Waals surface area contributed by atoms with Gasteiger partial charge in [0.2, 0.25) is 0 Å². The van der Waals surface area contributed by atoms with Gasteiger partial charge in [0.15, 0.2) is 6.10 Å². The molecule has 6 nitrogen and oxygen atoms in total. The molecule has 0 amide bonds. The van der Waals surface area contributed by atoms with Gasteiger partial charge in [-0.3, -0.25) is 14.4 Å². The average molecular weight is 903 g/mol. The zero-order chi connectivity index (χ0) is 47.2. The van der Waals surface area contributed by atoms with E-state index in [1.54, 1.807) is 0 Å². The molecule has 0 fully saturated rings. The van der Waals surface area contributed by atoms with Crippen LogP contribution < -0.4 is 0 Å². The van der Waals surface area contributed by atoms with Crippen molar-refractivity contribution in [2.45, 2.75) is 245 Å². The van der Waals surface area contributed by atoms with Crippen LogP contribution in [-0.4, -0.2) is 37.2 Å². The molecule has 0 aliphatic rings. The molecule has 0 aliphatic carbocycles. The third-order valence-corrected chi connectivity index (χ3v) is 11.1. The third kappa shape index (κ3) is 51.2.